The van der Waals surface area contributed by atoms with Crippen molar-refractivity contribution in [3.8, 4) is 0 Å². The van der Waals surface area contributed by atoms with Crippen LogP contribution in [-0.4, -0.2) is 15.7 Å². The Morgan fingerprint density at radius 2 is 1.77 bits per heavy atom. The number of aromatic nitrogens is 2. The van der Waals surface area contributed by atoms with Crippen LogP contribution >= 0.6 is 0 Å². The van der Waals surface area contributed by atoms with Gasteiger partial charge in [-0.3, -0.25) is 9.59 Å². The van der Waals surface area contributed by atoms with Gasteiger partial charge < -0.3 is 5.32 Å². The third-order valence-corrected chi connectivity index (χ3v) is 3.99. The molecule has 1 unspecified atom stereocenters. The zero-order chi connectivity index (χ0) is 18.5. The molecule has 0 aliphatic rings. The highest BCUT2D eigenvalue weighted by molar-refractivity contribution is 5.92. The van der Waals surface area contributed by atoms with E-state index in [1.54, 1.807) is 12.1 Å². The molecule has 1 amide bonds. The SMILES string of the molecule is CC(NC(=O)c1ccc(=O)n(Cc2ccc(F)cc2)n1)c1ccccc1. The smallest absolute Gasteiger partial charge is 0.272 e. The van der Waals surface area contributed by atoms with E-state index in [9.17, 15) is 14.0 Å². The fourth-order valence-electron chi connectivity index (χ4n) is 2.54. The Kier molecular flexibility index (Phi) is 5.22. The summed E-state index contributed by atoms with van der Waals surface area (Å²) in [5.41, 5.74) is 1.51. The van der Waals surface area contributed by atoms with E-state index >= 15 is 0 Å². The average molecular weight is 351 g/mol. The number of carbonyl (C=O) groups is 1. The van der Waals surface area contributed by atoms with Gasteiger partial charge in [0.25, 0.3) is 11.5 Å². The summed E-state index contributed by atoms with van der Waals surface area (Å²) in [7, 11) is 0. The Labute approximate surface area is 150 Å². The van der Waals surface area contributed by atoms with E-state index in [-0.39, 0.29) is 35.6 Å². The van der Waals surface area contributed by atoms with E-state index in [0.717, 1.165) is 11.1 Å². The molecule has 0 saturated carbocycles. The minimum absolute atomic E-state index is 0.148. The van der Waals surface area contributed by atoms with Crippen molar-refractivity contribution in [2.45, 2.75) is 19.5 Å². The predicted molar refractivity (Wildman–Crippen MR) is 96.3 cm³/mol. The zero-order valence-corrected chi connectivity index (χ0v) is 14.2. The van der Waals surface area contributed by atoms with Gasteiger partial charge in [0.15, 0.2) is 0 Å². The van der Waals surface area contributed by atoms with E-state index in [4.69, 9.17) is 0 Å². The molecular formula is C20H18FN3O2. The second kappa shape index (κ2) is 7.74. The van der Waals surface area contributed by atoms with Crippen LogP contribution in [-0.2, 0) is 6.54 Å². The van der Waals surface area contributed by atoms with Crippen LogP contribution in [0.25, 0.3) is 0 Å². The summed E-state index contributed by atoms with van der Waals surface area (Å²) in [5.74, 6) is -0.716. The first-order chi connectivity index (χ1) is 12.5. The van der Waals surface area contributed by atoms with Crippen molar-refractivity contribution in [1.82, 2.24) is 15.1 Å². The lowest BCUT2D eigenvalue weighted by molar-refractivity contribution is 0.0932. The molecule has 1 atom stereocenters. The molecule has 0 saturated heterocycles. The second-order valence-electron chi connectivity index (χ2n) is 5.95. The monoisotopic (exact) mass is 351 g/mol. The molecule has 6 heteroatoms. The van der Waals surface area contributed by atoms with Gasteiger partial charge in [-0.2, -0.15) is 5.10 Å². The standard InChI is InChI=1S/C20H18FN3O2/c1-14(16-5-3-2-4-6-16)22-20(26)18-11-12-19(25)24(23-18)13-15-7-9-17(21)10-8-15/h2-12,14H,13H2,1H3,(H,22,26). The van der Waals surface area contributed by atoms with E-state index in [2.05, 4.69) is 10.4 Å². The quantitative estimate of drug-likeness (QED) is 0.769. The maximum absolute atomic E-state index is 13.0. The predicted octanol–water partition coefficient (Wildman–Crippen LogP) is 2.92. The summed E-state index contributed by atoms with van der Waals surface area (Å²) in [6.07, 6.45) is 0. The van der Waals surface area contributed by atoms with Gasteiger partial charge in [-0.15, -0.1) is 0 Å². The minimum atomic E-state index is -0.366. The number of nitrogens with zero attached hydrogens (tertiary/aromatic N) is 2. The van der Waals surface area contributed by atoms with Crippen LogP contribution in [0.3, 0.4) is 0 Å². The molecule has 1 aromatic heterocycles. The van der Waals surface area contributed by atoms with Crippen LogP contribution in [0.4, 0.5) is 4.39 Å². The normalized spacial score (nSPS) is 11.8. The summed E-state index contributed by atoms with van der Waals surface area (Å²) in [5, 5.41) is 7.00. The third kappa shape index (κ3) is 4.22. The summed E-state index contributed by atoms with van der Waals surface area (Å²) in [6, 6.07) is 17.9. The van der Waals surface area contributed by atoms with Crippen LogP contribution in [0.5, 0.6) is 0 Å². The highest BCUT2D eigenvalue weighted by Crippen LogP contribution is 2.11. The molecule has 0 radical (unpaired) electrons. The van der Waals surface area contributed by atoms with Gasteiger partial charge in [-0.25, -0.2) is 9.07 Å². The molecule has 0 aliphatic carbocycles. The molecule has 5 nitrogen and oxygen atoms in total. The molecule has 0 spiro atoms. The zero-order valence-electron chi connectivity index (χ0n) is 14.2. The van der Waals surface area contributed by atoms with Crippen molar-refractivity contribution in [2.24, 2.45) is 0 Å². The highest BCUT2D eigenvalue weighted by atomic mass is 19.1. The first-order valence-electron chi connectivity index (χ1n) is 8.21. The fourth-order valence-corrected chi connectivity index (χ4v) is 2.54. The van der Waals surface area contributed by atoms with Crippen LogP contribution < -0.4 is 10.9 Å². The molecule has 1 N–H and O–H groups in total. The summed E-state index contributed by atoms with van der Waals surface area (Å²) in [6.45, 7) is 2.04. The summed E-state index contributed by atoms with van der Waals surface area (Å²) in [4.78, 5) is 24.5. The number of hydrogen-bond donors (Lipinski definition) is 1. The maximum atomic E-state index is 13.0. The number of amides is 1. The minimum Gasteiger partial charge on any atom is -0.344 e. The maximum Gasteiger partial charge on any atom is 0.272 e. The molecule has 26 heavy (non-hydrogen) atoms. The van der Waals surface area contributed by atoms with Gasteiger partial charge in [-0.1, -0.05) is 42.5 Å². The second-order valence-corrected chi connectivity index (χ2v) is 5.95. The third-order valence-electron chi connectivity index (χ3n) is 3.99. The number of halogens is 1. The van der Waals surface area contributed by atoms with Crippen molar-refractivity contribution in [3.63, 3.8) is 0 Å². The lowest BCUT2D eigenvalue weighted by Gasteiger charge is -2.14. The van der Waals surface area contributed by atoms with Crippen molar-refractivity contribution in [3.05, 3.63) is 99.7 Å². The topological polar surface area (TPSA) is 64.0 Å². The Bertz CT molecular complexity index is 953. The first-order valence-corrected chi connectivity index (χ1v) is 8.21. The lowest BCUT2D eigenvalue weighted by Crippen LogP contribution is -2.31. The van der Waals surface area contributed by atoms with Crippen molar-refractivity contribution >= 4 is 5.91 Å². The van der Waals surface area contributed by atoms with Crippen molar-refractivity contribution in [2.75, 3.05) is 0 Å². The Morgan fingerprint density at radius 3 is 2.46 bits per heavy atom. The molecule has 0 fully saturated rings. The molecule has 1 heterocycles. The van der Waals surface area contributed by atoms with Crippen LogP contribution in [0.1, 0.15) is 34.6 Å². The molecule has 132 valence electrons. The van der Waals surface area contributed by atoms with E-state index < -0.39 is 0 Å². The fraction of sp³-hybridized carbons (Fsp3) is 0.150. The molecule has 0 aliphatic heterocycles. The Morgan fingerprint density at radius 1 is 1.08 bits per heavy atom. The van der Waals surface area contributed by atoms with Crippen molar-refractivity contribution < 1.29 is 9.18 Å². The van der Waals surface area contributed by atoms with E-state index in [0.29, 0.717) is 0 Å². The van der Waals surface area contributed by atoms with Crippen LogP contribution in [0, 0.1) is 5.82 Å². The number of nitrogens with one attached hydrogen (secondary N) is 1. The van der Waals surface area contributed by atoms with Gasteiger partial charge in [0.2, 0.25) is 0 Å². The van der Waals surface area contributed by atoms with Gasteiger partial charge in [0, 0.05) is 6.07 Å². The number of benzene rings is 2. The van der Waals surface area contributed by atoms with E-state index in [1.165, 1.54) is 28.9 Å². The average Bonchev–Trinajstić information content (AvgIpc) is 2.66. The largest absolute Gasteiger partial charge is 0.344 e. The van der Waals surface area contributed by atoms with Crippen molar-refractivity contribution in [1.29, 1.82) is 0 Å². The van der Waals surface area contributed by atoms with Gasteiger partial charge >= 0.3 is 0 Å². The Hall–Kier alpha value is -3.28. The highest BCUT2D eigenvalue weighted by Gasteiger charge is 2.14. The number of carbonyl (C=O) groups excluding carboxylic acids is 1. The molecular weight excluding hydrogens is 333 g/mol. The Balaban J connectivity index is 1.77. The first kappa shape index (κ1) is 17.5. The number of hydrogen-bond acceptors (Lipinski definition) is 3. The van der Waals surface area contributed by atoms with Crippen LogP contribution in [0.15, 0.2) is 71.5 Å². The number of rotatable bonds is 5. The summed E-state index contributed by atoms with van der Waals surface area (Å²) >= 11 is 0. The molecule has 3 rings (SSSR count). The molecule has 2 aromatic carbocycles. The molecule has 0 bridgehead atoms. The van der Waals surface area contributed by atoms with Crippen LogP contribution in [0.2, 0.25) is 0 Å². The van der Waals surface area contributed by atoms with Gasteiger partial charge in [-0.05, 0) is 36.2 Å². The van der Waals surface area contributed by atoms with E-state index in [1.807, 2.05) is 37.3 Å². The van der Waals surface area contributed by atoms with Gasteiger partial charge in [0.05, 0.1) is 12.6 Å². The lowest BCUT2D eigenvalue weighted by atomic mass is 10.1. The molecule has 3 aromatic rings. The summed E-state index contributed by atoms with van der Waals surface area (Å²) < 4.78 is 14.2. The van der Waals surface area contributed by atoms with Gasteiger partial charge in [0.1, 0.15) is 11.5 Å².